The highest BCUT2D eigenvalue weighted by atomic mass is 16.2. The topological polar surface area (TPSA) is 32.3 Å². The summed E-state index contributed by atoms with van der Waals surface area (Å²) < 4.78 is 0. The summed E-state index contributed by atoms with van der Waals surface area (Å²) in [4.78, 5) is 15.1. The van der Waals surface area contributed by atoms with Crippen LogP contribution in [-0.4, -0.2) is 35.5 Å². The molecule has 2 heterocycles. The molecule has 0 aromatic rings. The first kappa shape index (κ1) is 12.5. The van der Waals surface area contributed by atoms with Crippen molar-refractivity contribution in [2.45, 2.75) is 64.5 Å². The van der Waals surface area contributed by atoms with E-state index in [9.17, 15) is 4.79 Å². The van der Waals surface area contributed by atoms with Gasteiger partial charge in [-0.05, 0) is 65.5 Å². The fourth-order valence-electron chi connectivity index (χ4n) is 4.59. The van der Waals surface area contributed by atoms with Crippen LogP contribution in [0.15, 0.2) is 0 Å². The summed E-state index contributed by atoms with van der Waals surface area (Å²) in [7, 11) is 0. The second-order valence-electron chi connectivity index (χ2n) is 7.28. The van der Waals surface area contributed by atoms with Crippen molar-refractivity contribution in [3.8, 4) is 0 Å². The molecule has 3 atom stereocenters. The zero-order chi connectivity index (χ0) is 13.0. The number of hydrogen-bond acceptors (Lipinski definition) is 2. The van der Waals surface area contributed by atoms with E-state index in [2.05, 4.69) is 31.0 Å². The lowest BCUT2D eigenvalue weighted by atomic mass is 9.70. The van der Waals surface area contributed by atoms with Gasteiger partial charge in [0.05, 0.1) is 5.41 Å². The second-order valence-corrected chi connectivity index (χ2v) is 7.28. The highest BCUT2D eigenvalue weighted by Gasteiger charge is 2.60. The van der Waals surface area contributed by atoms with E-state index in [1.54, 1.807) is 0 Å². The Labute approximate surface area is 110 Å². The first-order valence-electron chi connectivity index (χ1n) is 7.52. The van der Waals surface area contributed by atoms with Crippen LogP contribution in [0.3, 0.4) is 0 Å². The lowest BCUT2D eigenvalue weighted by molar-refractivity contribution is -0.142. The third-order valence-electron chi connectivity index (χ3n) is 5.67. The van der Waals surface area contributed by atoms with Crippen molar-refractivity contribution in [1.82, 2.24) is 10.2 Å². The molecule has 0 aromatic carbocycles. The minimum Gasteiger partial charge on any atom is -0.350 e. The Hall–Kier alpha value is -0.570. The maximum Gasteiger partial charge on any atom is 0.227 e. The molecule has 3 fully saturated rings. The summed E-state index contributed by atoms with van der Waals surface area (Å²) in [6.07, 6.45) is 6.24. The zero-order valence-electron chi connectivity index (χ0n) is 12.0. The molecule has 1 N–H and O–H groups in total. The summed E-state index contributed by atoms with van der Waals surface area (Å²) in [5.74, 6) is 0.912. The fourth-order valence-corrected chi connectivity index (χ4v) is 4.59. The number of rotatable bonds is 1. The summed E-state index contributed by atoms with van der Waals surface area (Å²) in [5.41, 5.74) is -0.174. The van der Waals surface area contributed by atoms with E-state index in [4.69, 9.17) is 0 Å². The minimum atomic E-state index is -0.141. The van der Waals surface area contributed by atoms with Gasteiger partial charge < -0.3 is 5.32 Å². The van der Waals surface area contributed by atoms with Crippen LogP contribution in [-0.2, 0) is 4.79 Å². The predicted octanol–water partition coefficient (Wildman–Crippen LogP) is 2.17. The van der Waals surface area contributed by atoms with E-state index >= 15 is 0 Å². The molecule has 1 amide bonds. The summed E-state index contributed by atoms with van der Waals surface area (Å²) in [5, 5.41) is 3.26. The number of hydrogen-bond donors (Lipinski definition) is 1. The predicted molar refractivity (Wildman–Crippen MR) is 72.3 cm³/mol. The van der Waals surface area contributed by atoms with E-state index in [-0.39, 0.29) is 16.9 Å². The summed E-state index contributed by atoms with van der Waals surface area (Å²) in [6.45, 7) is 8.99. The number of carbonyl (C=O) groups is 1. The molecule has 0 aromatic heterocycles. The van der Waals surface area contributed by atoms with Gasteiger partial charge in [0.15, 0.2) is 0 Å². The SMILES string of the molecule is CC1(C)NC(=O)C2(C)CCC1C2N1CCCCC1. The molecule has 3 rings (SSSR count). The molecule has 1 aliphatic carbocycles. The van der Waals surface area contributed by atoms with Crippen LogP contribution in [0.5, 0.6) is 0 Å². The third-order valence-corrected chi connectivity index (χ3v) is 5.67. The molecule has 0 radical (unpaired) electrons. The van der Waals surface area contributed by atoms with Gasteiger partial charge >= 0.3 is 0 Å². The lowest BCUT2D eigenvalue weighted by Crippen LogP contribution is -2.67. The van der Waals surface area contributed by atoms with Crippen molar-refractivity contribution in [1.29, 1.82) is 0 Å². The molecule has 2 bridgehead atoms. The normalized spacial score (nSPS) is 43.8. The molecule has 0 spiro atoms. The van der Waals surface area contributed by atoms with Crippen LogP contribution in [0.2, 0.25) is 0 Å². The van der Waals surface area contributed by atoms with Crippen LogP contribution in [0.1, 0.15) is 52.9 Å². The number of nitrogens with zero attached hydrogens (tertiary/aromatic N) is 1. The molecular formula is C15H26N2O. The van der Waals surface area contributed by atoms with Gasteiger partial charge in [0, 0.05) is 11.6 Å². The lowest BCUT2D eigenvalue weighted by Gasteiger charge is -2.52. The fraction of sp³-hybridized carbons (Fsp3) is 0.933. The second kappa shape index (κ2) is 3.96. The Bertz CT molecular complexity index is 360. The number of amides is 1. The molecule has 2 aliphatic heterocycles. The van der Waals surface area contributed by atoms with Gasteiger partial charge in [-0.1, -0.05) is 6.42 Å². The summed E-state index contributed by atoms with van der Waals surface area (Å²) >= 11 is 0. The molecule has 3 aliphatic rings. The Morgan fingerprint density at radius 3 is 2.50 bits per heavy atom. The molecular weight excluding hydrogens is 224 g/mol. The molecule has 3 unspecified atom stereocenters. The van der Waals surface area contributed by atoms with E-state index in [0.29, 0.717) is 12.0 Å². The molecule has 3 heteroatoms. The third kappa shape index (κ3) is 1.63. The monoisotopic (exact) mass is 250 g/mol. The van der Waals surface area contributed by atoms with Crippen molar-refractivity contribution >= 4 is 5.91 Å². The van der Waals surface area contributed by atoms with Gasteiger partial charge in [0.25, 0.3) is 0 Å². The van der Waals surface area contributed by atoms with Gasteiger partial charge in [0.1, 0.15) is 0 Å². The van der Waals surface area contributed by atoms with Crippen molar-refractivity contribution < 1.29 is 4.79 Å². The first-order chi connectivity index (χ1) is 8.45. The molecule has 2 saturated heterocycles. The van der Waals surface area contributed by atoms with Crippen LogP contribution in [0.25, 0.3) is 0 Å². The number of nitrogens with one attached hydrogen (secondary N) is 1. The van der Waals surface area contributed by atoms with Gasteiger partial charge in [-0.3, -0.25) is 9.69 Å². The van der Waals surface area contributed by atoms with Gasteiger partial charge in [0.2, 0.25) is 5.91 Å². The van der Waals surface area contributed by atoms with Crippen LogP contribution in [0.4, 0.5) is 0 Å². The summed E-state index contributed by atoms with van der Waals surface area (Å²) in [6, 6.07) is 0.474. The van der Waals surface area contributed by atoms with Crippen molar-refractivity contribution in [2.24, 2.45) is 11.3 Å². The maximum absolute atomic E-state index is 12.5. The first-order valence-corrected chi connectivity index (χ1v) is 7.52. The van der Waals surface area contributed by atoms with Crippen molar-refractivity contribution in [2.75, 3.05) is 13.1 Å². The molecule has 18 heavy (non-hydrogen) atoms. The van der Waals surface area contributed by atoms with E-state index in [0.717, 1.165) is 6.42 Å². The average Bonchev–Trinajstić information content (AvgIpc) is 2.65. The number of carbonyl (C=O) groups excluding carboxylic acids is 1. The van der Waals surface area contributed by atoms with Crippen molar-refractivity contribution in [3.05, 3.63) is 0 Å². The molecule has 1 saturated carbocycles. The van der Waals surface area contributed by atoms with Crippen LogP contribution >= 0.6 is 0 Å². The van der Waals surface area contributed by atoms with E-state index < -0.39 is 0 Å². The van der Waals surface area contributed by atoms with Gasteiger partial charge in [-0.15, -0.1) is 0 Å². The Morgan fingerprint density at radius 1 is 1.17 bits per heavy atom. The quantitative estimate of drug-likeness (QED) is 0.773. The Kier molecular flexibility index (Phi) is 2.74. The minimum absolute atomic E-state index is 0.0325. The molecule has 102 valence electrons. The highest BCUT2D eigenvalue weighted by Crippen LogP contribution is 2.52. The smallest absolute Gasteiger partial charge is 0.227 e. The number of piperidine rings is 2. The highest BCUT2D eigenvalue weighted by molar-refractivity contribution is 5.85. The Balaban J connectivity index is 1.93. The Morgan fingerprint density at radius 2 is 1.83 bits per heavy atom. The average molecular weight is 250 g/mol. The van der Waals surface area contributed by atoms with Gasteiger partial charge in [-0.25, -0.2) is 0 Å². The van der Waals surface area contributed by atoms with Crippen LogP contribution in [0, 0.1) is 11.3 Å². The standard InChI is InChI=1S/C15H26N2O/c1-14(2)11-7-8-15(3,13(18)16-14)12(11)17-9-5-4-6-10-17/h11-12H,4-10H2,1-3H3,(H,16,18). The van der Waals surface area contributed by atoms with E-state index in [1.165, 1.54) is 38.8 Å². The van der Waals surface area contributed by atoms with Crippen LogP contribution < -0.4 is 5.32 Å². The number of likely N-dealkylation sites (tertiary alicyclic amines) is 1. The van der Waals surface area contributed by atoms with Crippen molar-refractivity contribution in [3.63, 3.8) is 0 Å². The zero-order valence-corrected chi connectivity index (χ0v) is 12.0. The largest absolute Gasteiger partial charge is 0.350 e. The van der Waals surface area contributed by atoms with E-state index in [1.807, 2.05) is 0 Å². The number of fused-ring (bicyclic) bond motifs is 2. The maximum atomic E-state index is 12.5. The molecule has 3 nitrogen and oxygen atoms in total. The van der Waals surface area contributed by atoms with Gasteiger partial charge in [-0.2, -0.15) is 0 Å².